The molecule has 0 radical (unpaired) electrons. The van der Waals surface area contributed by atoms with Crippen LogP contribution in [0.4, 0.5) is 0 Å². The molecule has 1 rings (SSSR count). The highest BCUT2D eigenvalue weighted by atomic mass is 79.9. The molecule has 0 aliphatic carbocycles. The van der Waals surface area contributed by atoms with E-state index in [1.165, 1.54) is 4.90 Å². The summed E-state index contributed by atoms with van der Waals surface area (Å²) in [5, 5.41) is 8.83. The molecule has 18 heavy (non-hydrogen) atoms. The van der Waals surface area contributed by atoms with E-state index in [0.717, 1.165) is 16.5 Å². The number of carbonyl (C=O) groups excluding carboxylic acids is 1. The molecule has 0 fully saturated rings. The van der Waals surface area contributed by atoms with Crippen LogP contribution in [0.1, 0.15) is 29.3 Å². The summed E-state index contributed by atoms with van der Waals surface area (Å²) in [4.78, 5) is 24.4. The zero-order chi connectivity index (χ0) is 13.7. The topological polar surface area (TPSA) is 57.6 Å². The van der Waals surface area contributed by atoms with Crippen LogP contribution in [0.25, 0.3) is 0 Å². The molecule has 0 atom stereocenters. The van der Waals surface area contributed by atoms with Gasteiger partial charge in [-0.15, -0.1) is 0 Å². The molecule has 4 nitrogen and oxygen atoms in total. The number of halogens is 1. The Morgan fingerprint density at radius 2 is 2.06 bits per heavy atom. The Hall–Kier alpha value is -1.36. The van der Waals surface area contributed by atoms with Crippen molar-refractivity contribution in [2.45, 2.75) is 20.3 Å². The Labute approximate surface area is 115 Å². The van der Waals surface area contributed by atoms with Gasteiger partial charge in [-0.2, -0.15) is 0 Å². The van der Waals surface area contributed by atoms with E-state index in [1.54, 1.807) is 12.1 Å². The van der Waals surface area contributed by atoms with Gasteiger partial charge >= 0.3 is 5.97 Å². The Bertz CT molecular complexity index is 460. The smallest absolute Gasteiger partial charge is 0.323 e. The third-order valence-corrected chi connectivity index (χ3v) is 3.46. The summed E-state index contributed by atoms with van der Waals surface area (Å²) in [5.74, 6) is -1.23. The maximum Gasteiger partial charge on any atom is 0.323 e. The molecule has 0 aliphatic heterocycles. The van der Waals surface area contributed by atoms with Crippen molar-refractivity contribution in [1.82, 2.24) is 4.90 Å². The number of hydrogen-bond donors (Lipinski definition) is 1. The van der Waals surface area contributed by atoms with Crippen molar-refractivity contribution in [3.8, 4) is 0 Å². The first kappa shape index (κ1) is 14.7. The highest BCUT2D eigenvalue weighted by molar-refractivity contribution is 9.10. The molecule has 1 amide bonds. The van der Waals surface area contributed by atoms with Crippen molar-refractivity contribution >= 4 is 27.8 Å². The molecule has 0 saturated heterocycles. The fourth-order valence-electron chi connectivity index (χ4n) is 1.70. The minimum Gasteiger partial charge on any atom is -0.480 e. The van der Waals surface area contributed by atoms with Gasteiger partial charge in [0.2, 0.25) is 0 Å². The monoisotopic (exact) mass is 313 g/mol. The van der Waals surface area contributed by atoms with E-state index in [1.807, 2.05) is 19.9 Å². The van der Waals surface area contributed by atoms with Gasteiger partial charge in [0, 0.05) is 16.6 Å². The second-order valence-corrected chi connectivity index (χ2v) is 4.89. The predicted octanol–water partition coefficient (Wildman–Crippen LogP) is 2.69. The number of amides is 1. The Balaban J connectivity index is 3.01. The fraction of sp³-hybridized carbons (Fsp3) is 0.385. The number of carbonyl (C=O) groups is 2. The Morgan fingerprint density at radius 1 is 1.39 bits per heavy atom. The SMILES string of the molecule is CCCN(CC(=O)O)C(=O)c1cccc(Br)c1C. The third-order valence-electron chi connectivity index (χ3n) is 2.60. The lowest BCUT2D eigenvalue weighted by Crippen LogP contribution is -2.36. The van der Waals surface area contributed by atoms with Gasteiger partial charge in [0.25, 0.3) is 5.91 Å². The van der Waals surface area contributed by atoms with E-state index in [-0.39, 0.29) is 12.5 Å². The molecule has 1 aromatic rings. The quantitative estimate of drug-likeness (QED) is 0.909. The normalized spacial score (nSPS) is 10.2. The summed E-state index contributed by atoms with van der Waals surface area (Å²) in [7, 11) is 0. The molecule has 0 saturated carbocycles. The first-order valence-corrected chi connectivity index (χ1v) is 6.52. The van der Waals surface area contributed by atoms with Gasteiger partial charge in [-0.3, -0.25) is 9.59 Å². The van der Waals surface area contributed by atoms with E-state index in [9.17, 15) is 9.59 Å². The minimum atomic E-state index is -0.996. The number of carboxylic acids is 1. The summed E-state index contributed by atoms with van der Waals surface area (Å²) in [6, 6.07) is 5.34. The van der Waals surface area contributed by atoms with Crippen LogP contribution in [0.5, 0.6) is 0 Å². The molecule has 98 valence electrons. The Kier molecular flexibility index (Phi) is 5.34. The second kappa shape index (κ2) is 6.54. The van der Waals surface area contributed by atoms with Crippen LogP contribution in [0, 0.1) is 6.92 Å². The van der Waals surface area contributed by atoms with Crippen molar-refractivity contribution < 1.29 is 14.7 Å². The maximum absolute atomic E-state index is 12.3. The van der Waals surface area contributed by atoms with Gasteiger partial charge in [0.1, 0.15) is 6.54 Å². The molecule has 0 unspecified atom stereocenters. The Morgan fingerprint density at radius 3 is 2.61 bits per heavy atom. The summed E-state index contributed by atoms with van der Waals surface area (Å²) in [6.07, 6.45) is 0.728. The van der Waals surface area contributed by atoms with Gasteiger partial charge in [0.15, 0.2) is 0 Å². The number of rotatable bonds is 5. The van der Waals surface area contributed by atoms with Crippen LogP contribution < -0.4 is 0 Å². The number of hydrogen-bond acceptors (Lipinski definition) is 2. The molecular weight excluding hydrogens is 298 g/mol. The maximum atomic E-state index is 12.3. The van der Waals surface area contributed by atoms with E-state index in [0.29, 0.717) is 12.1 Å². The number of nitrogens with zero attached hydrogens (tertiary/aromatic N) is 1. The van der Waals surface area contributed by atoms with E-state index in [4.69, 9.17) is 5.11 Å². The van der Waals surface area contributed by atoms with Crippen LogP contribution in [-0.4, -0.2) is 35.0 Å². The van der Waals surface area contributed by atoms with Crippen LogP contribution in [0.3, 0.4) is 0 Å². The molecule has 1 N–H and O–H groups in total. The van der Waals surface area contributed by atoms with Crippen molar-refractivity contribution in [1.29, 1.82) is 0 Å². The molecule has 0 aromatic heterocycles. The van der Waals surface area contributed by atoms with Crippen molar-refractivity contribution in [2.24, 2.45) is 0 Å². The average Bonchev–Trinajstić information content (AvgIpc) is 2.31. The van der Waals surface area contributed by atoms with E-state index in [2.05, 4.69) is 15.9 Å². The van der Waals surface area contributed by atoms with Crippen LogP contribution in [0.2, 0.25) is 0 Å². The molecule has 0 bridgehead atoms. The molecule has 0 heterocycles. The molecular formula is C13H16BrNO3. The second-order valence-electron chi connectivity index (χ2n) is 4.03. The fourth-order valence-corrected chi connectivity index (χ4v) is 2.06. The van der Waals surface area contributed by atoms with Gasteiger partial charge in [-0.25, -0.2) is 0 Å². The van der Waals surface area contributed by atoms with Crippen molar-refractivity contribution in [3.63, 3.8) is 0 Å². The average molecular weight is 314 g/mol. The summed E-state index contributed by atoms with van der Waals surface area (Å²) >= 11 is 3.37. The van der Waals surface area contributed by atoms with Gasteiger partial charge in [0.05, 0.1) is 0 Å². The first-order valence-electron chi connectivity index (χ1n) is 5.73. The molecule has 0 aliphatic rings. The zero-order valence-corrected chi connectivity index (χ0v) is 12.0. The lowest BCUT2D eigenvalue weighted by molar-refractivity contribution is -0.137. The standard InChI is InChI=1S/C13H16BrNO3/c1-3-7-15(8-12(16)17)13(18)10-5-4-6-11(14)9(10)2/h4-6H,3,7-8H2,1-2H3,(H,16,17). The lowest BCUT2D eigenvalue weighted by Gasteiger charge is -2.21. The van der Waals surface area contributed by atoms with Crippen molar-refractivity contribution in [3.05, 3.63) is 33.8 Å². The molecule has 0 spiro atoms. The van der Waals surface area contributed by atoms with Gasteiger partial charge < -0.3 is 10.0 Å². The van der Waals surface area contributed by atoms with Crippen molar-refractivity contribution in [2.75, 3.05) is 13.1 Å². The summed E-state index contributed by atoms with van der Waals surface area (Å²) < 4.78 is 0.847. The van der Waals surface area contributed by atoms with Gasteiger partial charge in [-0.1, -0.05) is 28.9 Å². The molecule has 5 heteroatoms. The largest absolute Gasteiger partial charge is 0.480 e. The van der Waals surface area contributed by atoms with Crippen LogP contribution >= 0.6 is 15.9 Å². The molecule has 1 aromatic carbocycles. The zero-order valence-electron chi connectivity index (χ0n) is 10.4. The van der Waals surface area contributed by atoms with Crippen LogP contribution in [0.15, 0.2) is 22.7 Å². The predicted molar refractivity (Wildman–Crippen MR) is 72.7 cm³/mol. The van der Waals surface area contributed by atoms with Crippen LogP contribution in [-0.2, 0) is 4.79 Å². The first-order chi connectivity index (χ1) is 8.47. The van der Waals surface area contributed by atoms with E-state index >= 15 is 0 Å². The van der Waals surface area contributed by atoms with E-state index < -0.39 is 5.97 Å². The number of aliphatic carboxylic acids is 1. The summed E-state index contributed by atoms with van der Waals surface area (Å²) in [6.45, 7) is 3.92. The number of carboxylic acid groups (broad SMARTS) is 1. The third kappa shape index (κ3) is 3.57. The summed E-state index contributed by atoms with van der Waals surface area (Å²) in [5.41, 5.74) is 1.37. The highest BCUT2D eigenvalue weighted by Gasteiger charge is 2.19. The van der Waals surface area contributed by atoms with Gasteiger partial charge in [-0.05, 0) is 31.0 Å². The lowest BCUT2D eigenvalue weighted by atomic mass is 10.1. The minimum absolute atomic E-state index is 0.238. The number of benzene rings is 1. The highest BCUT2D eigenvalue weighted by Crippen LogP contribution is 2.20.